The molecule has 0 radical (unpaired) electrons. The minimum Gasteiger partial charge on any atom is -0.355 e. The van der Waals surface area contributed by atoms with E-state index in [0.29, 0.717) is 22.1 Å². The third kappa shape index (κ3) is 1.79. The van der Waals surface area contributed by atoms with Gasteiger partial charge in [0.05, 0.1) is 5.52 Å². The molecule has 2 aromatic rings. The van der Waals surface area contributed by atoms with Crippen LogP contribution in [0.15, 0.2) is 28.7 Å². The quantitative estimate of drug-likeness (QED) is 0.580. The summed E-state index contributed by atoms with van der Waals surface area (Å²) in [5, 5.41) is 3.40. The number of nitrogens with zero attached hydrogens (tertiary/aromatic N) is 1. The van der Waals surface area contributed by atoms with Gasteiger partial charge in [-0.15, -0.1) is 0 Å². The molecule has 1 fully saturated rings. The predicted molar refractivity (Wildman–Crippen MR) is 80.3 cm³/mol. The summed E-state index contributed by atoms with van der Waals surface area (Å²) >= 11 is 5.33. The number of aromatic amines is 2. The zero-order valence-electron chi connectivity index (χ0n) is 11.0. The van der Waals surface area contributed by atoms with E-state index in [1.807, 2.05) is 10.6 Å². The Labute approximate surface area is 120 Å². The Bertz CT molecular complexity index is 812. The first kappa shape index (κ1) is 12.1. The summed E-state index contributed by atoms with van der Waals surface area (Å²) in [4.78, 5) is 17.6. The molecule has 0 amide bonds. The van der Waals surface area contributed by atoms with Crippen LogP contribution >= 0.6 is 12.2 Å². The summed E-state index contributed by atoms with van der Waals surface area (Å²) in [6.45, 7) is 2.96. The smallest absolute Gasteiger partial charge is 0.276 e. The van der Waals surface area contributed by atoms with Crippen LogP contribution in [0, 0.1) is 16.6 Å². The monoisotopic (exact) mass is 288 g/mol. The van der Waals surface area contributed by atoms with Gasteiger partial charge in [-0.2, -0.15) is 0 Å². The molecule has 1 saturated heterocycles. The average Bonchev–Trinajstić information content (AvgIpc) is 3.09. The van der Waals surface area contributed by atoms with Gasteiger partial charge in [0.2, 0.25) is 0 Å². The second-order valence-corrected chi connectivity index (χ2v) is 6.06. The van der Waals surface area contributed by atoms with E-state index in [0.717, 1.165) is 25.2 Å². The van der Waals surface area contributed by atoms with E-state index >= 15 is 0 Å². The normalized spacial score (nSPS) is 25.1. The highest BCUT2D eigenvalue weighted by Crippen LogP contribution is 2.33. The zero-order chi connectivity index (χ0) is 13.7. The molecule has 5 nitrogen and oxygen atoms in total. The number of hydrogen-bond acceptors (Lipinski definition) is 3. The van der Waals surface area contributed by atoms with Crippen LogP contribution in [-0.2, 0) is 6.54 Å². The molecular formula is C14H16N4OS. The van der Waals surface area contributed by atoms with E-state index in [1.54, 1.807) is 6.20 Å². The highest BCUT2D eigenvalue weighted by Gasteiger charge is 2.30. The number of H-pyrrole nitrogens is 2. The molecule has 1 aliphatic heterocycles. The first-order valence-electron chi connectivity index (χ1n) is 6.94. The molecule has 6 heteroatoms. The Hall–Kier alpha value is -1.66. The summed E-state index contributed by atoms with van der Waals surface area (Å²) in [5.41, 5.74) is 2.90. The molecule has 2 unspecified atom stereocenters. The van der Waals surface area contributed by atoms with Crippen LogP contribution in [0.1, 0.15) is 6.42 Å². The van der Waals surface area contributed by atoms with Crippen LogP contribution in [0.5, 0.6) is 0 Å². The Kier molecular flexibility index (Phi) is 2.68. The summed E-state index contributed by atoms with van der Waals surface area (Å²) in [7, 11) is 0. The van der Waals surface area contributed by atoms with Crippen LogP contribution < -0.4 is 10.9 Å². The summed E-state index contributed by atoms with van der Waals surface area (Å²) in [6.07, 6.45) is 5.35. The van der Waals surface area contributed by atoms with Crippen LogP contribution in [0.2, 0.25) is 0 Å². The van der Waals surface area contributed by atoms with Crippen LogP contribution in [-0.4, -0.2) is 27.6 Å². The lowest BCUT2D eigenvalue weighted by Crippen LogP contribution is -2.18. The maximum absolute atomic E-state index is 11.8. The second kappa shape index (κ2) is 4.43. The molecule has 4 rings (SSSR count). The molecule has 0 spiro atoms. The van der Waals surface area contributed by atoms with Gasteiger partial charge in [-0.25, -0.2) is 0 Å². The lowest BCUT2D eigenvalue weighted by atomic mass is 10.0. The molecule has 20 heavy (non-hydrogen) atoms. The Morgan fingerprint density at radius 2 is 2.35 bits per heavy atom. The number of aromatic nitrogens is 3. The average molecular weight is 288 g/mol. The highest BCUT2D eigenvalue weighted by atomic mass is 32.1. The molecule has 2 aromatic heterocycles. The van der Waals surface area contributed by atoms with Crippen molar-refractivity contribution >= 4 is 23.3 Å². The summed E-state index contributed by atoms with van der Waals surface area (Å²) < 4.78 is 2.55. The molecule has 2 atom stereocenters. The fourth-order valence-electron chi connectivity index (χ4n) is 3.48. The fraction of sp³-hybridized carbons (Fsp3) is 0.429. The number of fused-ring (bicyclic) bond motifs is 2. The van der Waals surface area contributed by atoms with Gasteiger partial charge in [-0.3, -0.25) is 9.78 Å². The molecule has 0 aromatic carbocycles. The Balaban J connectivity index is 1.73. The SMILES string of the molecule is O=c1[nH]c(=S)n(CC2C=C3CNCC3C2)c2cc[nH]c12. The van der Waals surface area contributed by atoms with Gasteiger partial charge in [0, 0.05) is 25.8 Å². The van der Waals surface area contributed by atoms with Crippen molar-refractivity contribution in [2.75, 3.05) is 13.1 Å². The third-order valence-corrected chi connectivity index (χ3v) is 4.73. The molecule has 3 N–H and O–H groups in total. The third-order valence-electron chi connectivity index (χ3n) is 4.41. The summed E-state index contributed by atoms with van der Waals surface area (Å²) in [6, 6.07) is 1.92. The van der Waals surface area contributed by atoms with Crippen molar-refractivity contribution in [2.45, 2.75) is 13.0 Å². The molecule has 3 heterocycles. The first-order chi connectivity index (χ1) is 9.72. The van der Waals surface area contributed by atoms with Crippen molar-refractivity contribution in [1.29, 1.82) is 0 Å². The second-order valence-electron chi connectivity index (χ2n) is 5.67. The van der Waals surface area contributed by atoms with E-state index in [9.17, 15) is 4.79 Å². The van der Waals surface area contributed by atoms with Gasteiger partial charge in [0.15, 0.2) is 4.77 Å². The molecule has 104 valence electrons. The van der Waals surface area contributed by atoms with E-state index in [4.69, 9.17) is 12.2 Å². The molecule has 1 aliphatic carbocycles. The van der Waals surface area contributed by atoms with Crippen molar-refractivity contribution in [2.24, 2.45) is 11.8 Å². The topological polar surface area (TPSA) is 65.6 Å². The van der Waals surface area contributed by atoms with Crippen molar-refractivity contribution in [1.82, 2.24) is 19.9 Å². The molecular weight excluding hydrogens is 272 g/mol. The molecule has 0 bridgehead atoms. The van der Waals surface area contributed by atoms with Crippen LogP contribution in [0.4, 0.5) is 0 Å². The first-order valence-corrected chi connectivity index (χ1v) is 7.34. The minimum absolute atomic E-state index is 0.142. The van der Waals surface area contributed by atoms with Gasteiger partial charge >= 0.3 is 0 Å². The van der Waals surface area contributed by atoms with Crippen molar-refractivity contribution in [3.05, 3.63) is 39.0 Å². The Morgan fingerprint density at radius 3 is 3.20 bits per heavy atom. The largest absolute Gasteiger partial charge is 0.355 e. The maximum Gasteiger partial charge on any atom is 0.276 e. The van der Waals surface area contributed by atoms with Gasteiger partial charge in [-0.05, 0) is 36.5 Å². The number of rotatable bonds is 2. The molecule has 2 aliphatic rings. The van der Waals surface area contributed by atoms with Gasteiger partial charge in [0.25, 0.3) is 5.56 Å². The van der Waals surface area contributed by atoms with Gasteiger partial charge < -0.3 is 14.9 Å². The number of hydrogen-bond donors (Lipinski definition) is 3. The molecule has 0 saturated carbocycles. The van der Waals surface area contributed by atoms with Crippen molar-refractivity contribution in [3.8, 4) is 0 Å². The van der Waals surface area contributed by atoms with Gasteiger partial charge in [-0.1, -0.05) is 11.6 Å². The number of allylic oxidation sites excluding steroid dienone is 1. The van der Waals surface area contributed by atoms with E-state index in [2.05, 4.69) is 21.4 Å². The summed E-state index contributed by atoms with van der Waals surface area (Å²) in [5.74, 6) is 1.20. The zero-order valence-corrected chi connectivity index (χ0v) is 11.8. The fourth-order valence-corrected chi connectivity index (χ4v) is 3.75. The van der Waals surface area contributed by atoms with E-state index < -0.39 is 0 Å². The van der Waals surface area contributed by atoms with E-state index in [1.165, 1.54) is 12.0 Å². The highest BCUT2D eigenvalue weighted by molar-refractivity contribution is 7.71. The lowest BCUT2D eigenvalue weighted by molar-refractivity contribution is 0.464. The lowest BCUT2D eigenvalue weighted by Gasteiger charge is -2.14. The minimum atomic E-state index is -0.142. The van der Waals surface area contributed by atoms with Gasteiger partial charge in [0.1, 0.15) is 5.52 Å². The number of nitrogens with one attached hydrogen (secondary N) is 3. The predicted octanol–water partition coefficient (Wildman–Crippen LogP) is 1.55. The Morgan fingerprint density at radius 1 is 1.45 bits per heavy atom. The van der Waals surface area contributed by atoms with Crippen molar-refractivity contribution in [3.63, 3.8) is 0 Å². The van der Waals surface area contributed by atoms with Crippen molar-refractivity contribution < 1.29 is 0 Å². The van der Waals surface area contributed by atoms with Crippen LogP contribution in [0.25, 0.3) is 11.0 Å². The van der Waals surface area contributed by atoms with E-state index in [-0.39, 0.29) is 5.56 Å². The maximum atomic E-state index is 11.8. The standard InChI is InChI=1S/C14H16N4OS/c19-13-12-11(1-2-16-12)18(14(20)17-13)7-8-3-9-5-15-6-10(9)4-8/h1-3,8,10,15-16H,4-7H2,(H,17,19,20). The van der Waals surface area contributed by atoms with Crippen LogP contribution in [0.3, 0.4) is 0 Å².